The van der Waals surface area contributed by atoms with E-state index in [1.165, 1.54) is 21.6 Å². The summed E-state index contributed by atoms with van der Waals surface area (Å²) in [6, 6.07) is 18.4. The Labute approximate surface area is 219 Å². The van der Waals surface area contributed by atoms with Gasteiger partial charge in [0, 0.05) is 22.5 Å². The molecule has 2 aromatic carbocycles. The average Bonchev–Trinajstić information content (AvgIpc) is 3.34. The fourth-order valence-electron chi connectivity index (χ4n) is 4.88. The van der Waals surface area contributed by atoms with Gasteiger partial charge in [-0.3, -0.25) is 9.59 Å². The molecule has 190 valence electrons. The van der Waals surface area contributed by atoms with Crippen LogP contribution in [0.1, 0.15) is 84.1 Å². The molecule has 0 fully saturated rings. The van der Waals surface area contributed by atoms with E-state index in [2.05, 4.69) is 49.6 Å². The molecule has 5 heteroatoms. The highest BCUT2D eigenvalue weighted by Crippen LogP contribution is 2.38. The first-order valence-electron chi connectivity index (χ1n) is 13.0. The minimum atomic E-state index is -0.490. The Bertz CT molecular complexity index is 1190. The van der Waals surface area contributed by atoms with E-state index in [1.807, 2.05) is 49.9 Å². The average molecular weight is 503 g/mol. The summed E-state index contributed by atoms with van der Waals surface area (Å²) in [5.74, 6) is -0.113. The number of unbranched alkanes of at least 4 members (excludes halogenated alkanes) is 1. The van der Waals surface area contributed by atoms with Crippen LogP contribution in [0.25, 0.3) is 0 Å². The van der Waals surface area contributed by atoms with Crippen molar-refractivity contribution < 1.29 is 9.59 Å². The van der Waals surface area contributed by atoms with Gasteiger partial charge in [0.25, 0.3) is 5.91 Å². The number of carbonyl (C=O) groups excluding carboxylic acids is 2. The predicted molar refractivity (Wildman–Crippen MR) is 149 cm³/mol. The first kappa shape index (κ1) is 26.2. The van der Waals surface area contributed by atoms with Crippen molar-refractivity contribution in [2.75, 3.05) is 13.1 Å². The van der Waals surface area contributed by atoms with E-state index in [0.717, 1.165) is 31.2 Å². The van der Waals surface area contributed by atoms with Gasteiger partial charge in [-0.15, -0.1) is 11.3 Å². The van der Waals surface area contributed by atoms with E-state index < -0.39 is 5.54 Å². The molecule has 0 aliphatic carbocycles. The molecule has 36 heavy (non-hydrogen) atoms. The SMILES string of the molecule is CCCCc1ccc(C(=O)N(CC(=O)N2CCc3sccc3[C@@H]2c2ccc(C)cc2)C(C)(C)C)cc1. The van der Waals surface area contributed by atoms with Crippen LogP contribution in [-0.4, -0.2) is 40.2 Å². The molecule has 0 radical (unpaired) electrons. The molecule has 2 heterocycles. The molecule has 1 aromatic heterocycles. The summed E-state index contributed by atoms with van der Waals surface area (Å²) in [4.78, 5) is 32.6. The fraction of sp³-hybridized carbons (Fsp3) is 0.419. The number of benzene rings is 2. The number of thiophene rings is 1. The molecule has 1 aliphatic heterocycles. The molecular formula is C31H38N2O2S. The van der Waals surface area contributed by atoms with Crippen molar-refractivity contribution in [2.24, 2.45) is 0 Å². The molecule has 1 atom stereocenters. The van der Waals surface area contributed by atoms with Crippen LogP contribution in [0.5, 0.6) is 0 Å². The zero-order valence-corrected chi connectivity index (χ0v) is 23.0. The van der Waals surface area contributed by atoms with Crippen molar-refractivity contribution in [2.45, 2.75) is 71.9 Å². The van der Waals surface area contributed by atoms with E-state index >= 15 is 0 Å². The second-order valence-electron chi connectivity index (χ2n) is 10.8. The maximum absolute atomic E-state index is 13.9. The van der Waals surface area contributed by atoms with Gasteiger partial charge >= 0.3 is 0 Å². The minimum Gasteiger partial charge on any atom is -0.330 e. The molecule has 0 spiro atoms. The number of carbonyl (C=O) groups is 2. The van der Waals surface area contributed by atoms with Crippen LogP contribution in [0.4, 0.5) is 0 Å². The molecule has 3 aromatic rings. The molecule has 0 unspecified atom stereocenters. The number of amides is 2. The normalized spacial score (nSPS) is 15.5. The second kappa shape index (κ2) is 11.0. The number of hydrogen-bond acceptors (Lipinski definition) is 3. The summed E-state index contributed by atoms with van der Waals surface area (Å²) >= 11 is 1.76. The van der Waals surface area contributed by atoms with Gasteiger partial charge in [0.15, 0.2) is 0 Å². The maximum Gasteiger partial charge on any atom is 0.254 e. The summed E-state index contributed by atoms with van der Waals surface area (Å²) in [6.45, 7) is 11.0. The van der Waals surface area contributed by atoms with Gasteiger partial charge in [0.2, 0.25) is 5.91 Å². The van der Waals surface area contributed by atoms with Gasteiger partial charge in [-0.25, -0.2) is 0 Å². The molecule has 4 nitrogen and oxygen atoms in total. The van der Waals surface area contributed by atoms with E-state index in [4.69, 9.17) is 0 Å². The smallest absolute Gasteiger partial charge is 0.254 e. The van der Waals surface area contributed by atoms with Gasteiger partial charge < -0.3 is 9.80 Å². The van der Waals surface area contributed by atoms with Crippen molar-refractivity contribution in [3.05, 3.63) is 92.7 Å². The standard InChI is InChI=1S/C31H38N2O2S/c1-6-7-8-23-11-15-25(16-12-23)30(35)33(31(3,4)5)21-28(34)32-19-17-27-26(18-20-36-27)29(32)24-13-9-22(2)10-14-24/h9-16,18,20,29H,6-8,17,19,21H2,1-5H3/t29-/m0/s1. The number of rotatable bonds is 7. The van der Waals surface area contributed by atoms with Gasteiger partial charge in [-0.1, -0.05) is 55.3 Å². The van der Waals surface area contributed by atoms with Crippen molar-refractivity contribution in [1.82, 2.24) is 9.80 Å². The Kier molecular flexibility index (Phi) is 7.99. The summed E-state index contributed by atoms with van der Waals surface area (Å²) in [7, 11) is 0. The summed E-state index contributed by atoms with van der Waals surface area (Å²) in [6.07, 6.45) is 4.16. The Morgan fingerprint density at radius 3 is 2.36 bits per heavy atom. The molecule has 0 saturated heterocycles. The lowest BCUT2D eigenvalue weighted by Crippen LogP contribution is -2.52. The fourth-order valence-corrected chi connectivity index (χ4v) is 5.79. The molecule has 1 aliphatic rings. The lowest BCUT2D eigenvalue weighted by atomic mass is 9.92. The number of hydrogen-bond donors (Lipinski definition) is 0. The first-order valence-corrected chi connectivity index (χ1v) is 13.9. The monoisotopic (exact) mass is 502 g/mol. The summed E-state index contributed by atoms with van der Waals surface area (Å²) in [5.41, 5.74) is 4.91. The van der Waals surface area contributed by atoms with Crippen molar-refractivity contribution in [3.8, 4) is 0 Å². The molecule has 0 saturated carbocycles. The highest BCUT2D eigenvalue weighted by atomic mass is 32.1. The van der Waals surface area contributed by atoms with Crippen molar-refractivity contribution in [1.29, 1.82) is 0 Å². The molecule has 4 rings (SSSR count). The summed E-state index contributed by atoms with van der Waals surface area (Å²) < 4.78 is 0. The summed E-state index contributed by atoms with van der Waals surface area (Å²) in [5, 5.41) is 2.12. The van der Waals surface area contributed by atoms with Crippen LogP contribution >= 0.6 is 11.3 Å². The van der Waals surface area contributed by atoms with Crippen LogP contribution in [0.3, 0.4) is 0 Å². The number of aryl methyl sites for hydroxylation is 2. The molecule has 2 amide bonds. The van der Waals surface area contributed by atoms with Crippen molar-refractivity contribution in [3.63, 3.8) is 0 Å². The molecular weight excluding hydrogens is 464 g/mol. The van der Waals surface area contributed by atoms with Crippen LogP contribution in [0, 0.1) is 6.92 Å². The van der Waals surface area contributed by atoms with Crippen LogP contribution in [-0.2, 0) is 17.6 Å². The molecule has 0 bridgehead atoms. The zero-order chi connectivity index (χ0) is 25.9. The third kappa shape index (κ3) is 5.73. The quantitative estimate of drug-likeness (QED) is 0.356. The predicted octanol–water partition coefficient (Wildman–Crippen LogP) is 6.81. The lowest BCUT2D eigenvalue weighted by Gasteiger charge is -2.40. The minimum absolute atomic E-state index is 0.0136. The Balaban J connectivity index is 1.59. The zero-order valence-electron chi connectivity index (χ0n) is 22.2. The topological polar surface area (TPSA) is 40.6 Å². The molecule has 0 N–H and O–H groups in total. The third-order valence-corrected chi connectivity index (χ3v) is 8.04. The number of nitrogens with zero attached hydrogens (tertiary/aromatic N) is 2. The van der Waals surface area contributed by atoms with E-state index in [9.17, 15) is 9.59 Å². The Hall–Kier alpha value is -2.92. The largest absolute Gasteiger partial charge is 0.330 e. The number of fused-ring (bicyclic) bond motifs is 1. The van der Waals surface area contributed by atoms with Crippen molar-refractivity contribution >= 4 is 23.2 Å². The third-order valence-electron chi connectivity index (χ3n) is 7.05. The van der Waals surface area contributed by atoms with Gasteiger partial charge in [-0.05, 0) is 87.2 Å². The van der Waals surface area contributed by atoms with Crippen LogP contribution in [0.2, 0.25) is 0 Å². The van der Waals surface area contributed by atoms with E-state index in [1.54, 1.807) is 16.2 Å². The van der Waals surface area contributed by atoms with Gasteiger partial charge in [0.1, 0.15) is 6.54 Å². The Morgan fingerprint density at radius 1 is 1.03 bits per heavy atom. The Morgan fingerprint density at radius 2 is 1.72 bits per heavy atom. The lowest BCUT2D eigenvalue weighted by molar-refractivity contribution is -0.135. The van der Waals surface area contributed by atoms with E-state index in [-0.39, 0.29) is 24.4 Å². The second-order valence-corrected chi connectivity index (χ2v) is 11.8. The van der Waals surface area contributed by atoms with Gasteiger partial charge in [0.05, 0.1) is 6.04 Å². The maximum atomic E-state index is 13.9. The highest BCUT2D eigenvalue weighted by molar-refractivity contribution is 7.10. The highest BCUT2D eigenvalue weighted by Gasteiger charge is 2.36. The van der Waals surface area contributed by atoms with E-state index in [0.29, 0.717) is 12.1 Å². The first-order chi connectivity index (χ1) is 17.2. The van der Waals surface area contributed by atoms with Crippen LogP contribution in [0.15, 0.2) is 60.0 Å². The van der Waals surface area contributed by atoms with Gasteiger partial charge in [-0.2, -0.15) is 0 Å². The van der Waals surface area contributed by atoms with Crippen LogP contribution < -0.4 is 0 Å².